The molecule has 0 aliphatic carbocycles. The van der Waals surface area contributed by atoms with Gasteiger partial charge in [-0.3, -0.25) is 9.59 Å². The van der Waals surface area contributed by atoms with E-state index in [0.29, 0.717) is 19.5 Å². The Bertz CT molecular complexity index is 740. The van der Waals surface area contributed by atoms with E-state index in [2.05, 4.69) is 0 Å². The van der Waals surface area contributed by atoms with Gasteiger partial charge in [-0.05, 0) is 56.5 Å². The maximum Gasteiger partial charge on any atom is 0.226 e. The topological polar surface area (TPSA) is 45.6 Å². The van der Waals surface area contributed by atoms with Gasteiger partial charge in [0.1, 0.15) is 0 Å². The molecule has 0 N–H and O–H groups in total. The Kier molecular flexibility index (Phi) is 6.32. The van der Waals surface area contributed by atoms with Gasteiger partial charge in [-0.15, -0.1) is 0 Å². The summed E-state index contributed by atoms with van der Waals surface area (Å²) >= 11 is 0. The highest BCUT2D eigenvalue weighted by Crippen LogP contribution is 2.21. The highest BCUT2D eigenvalue weighted by atomic mass is 16.2. The molecule has 5 heteroatoms. The first kappa shape index (κ1) is 19.2. The summed E-state index contributed by atoms with van der Waals surface area (Å²) in [7, 11) is 0. The first-order chi connectivity index (χ1) is 13.1. The lowest BCUT2D eigenvalue weighted by molar-refractivity contribution is -0.140. The van der Waals surface area contributed by atoms with Crippen molar-refractivity contribution in [1.82, 2.24) is 14.4 Å². The lowest BCUT2D eigenvalue weighted by atomic mass is 9.94. The van der Waals surface area contributed by atoms with E-state index in [0.717, 1.165) is 37.2 Å². The van der Waals surface area contributed by atoms with E-state index >= 15 is 0 Å². The van der Waals surface area contributed by atoms with Crippen LogP contribution in [0.15, 0.2) is 48.8 Å². The summed E-state index contributed by atoms with van der Waals surface area (Å²) in [4.78, 5) is 28.9. The van der Waals surface area contributed by atoms with Gasteiger partial charge in [0.05, 0.1) is 6.42 Å². The predicted octanol–water partition coefficient (Wildman–Crippen LogP) is 3.13. The average Bonchev–Trinajstić information content (AvgIpc) is 3.24. The minimum Gasteiger partial charge on any atom is -0.343 e. The normalized spacial score (nSPS) is 15.0. The van der Waals surface area contributed by atoms with Crippen LogP contribution in [0, 0.1) is 5.92 Å². The molecule has 1 aromatic heterocycles. The SMILES string of the molecule is CCN(CC)C(=O)C1CCN(C(=O)Cc2ccc(-n3cccc3)cc2)CC1. The van der Waals surface area contributed by atoms with Crippen LogP contribution in [0.3, 0.4) is 0 Å². The van der Waals surface area contributed by atoms with Gasteiger partial charge in [0.2, 0.25) is 11.8 Å². The van der Waals surface area contributed by atoms with Gasteiger partial charge in [0.25, 0.3) is 0 Å². The Morgan fingerprint density at radius 1 is 1.00 bits per heavy atom. The number of carbonyl (C=O) groups is 2. The molecule has 0 saturated carbocycles. The molecule has 3 rings (SSSR count). The second kappa shape index (κ2) is 8.89. The number of nitrogens with zero attached hydrogens (tertiary/aromatic N) is 3. The smallest absolute Gasteiger partial charge is 0.226 e. The Labute approximate surface area is 161 Å². The lowest BCUT2D eigenvalue weighted by Crippen LogP contribution is -2.44. The van der Waals surface area contributed by atoms with Crippen LogP contribution in [0.1, 0.15) is 32.3 Å². The quantitative estimate of drug-likeness (QED) is 0.787. The minimum atomic E-state index is 0.0646. The van der Waals surface area contributed by atoms with E-state index in [9.17, 15) is 9.59 Å². The number of benzene rings is 1. The second-order valence-corrected chi connectivity index (χ2v) is 7.10. The van der Waals surface area contributed by atoms with Crippen molar-refractivity contribution in [2.45, 2.75) is 33.1 Å². The number of aromatic nitrogens is 1. The number of rotatable bonds is 6. The van der Waals surface area contributed by atoms with Crippen LogP contribution in [0.25, 0.3) is 5.69 Å². The van der Waals surface area contributed by atoms with Crippen molar-refractivity contribution in [3.8, 4) is 5.69 Å². The summed E-state index contributed by atoms with van der Waals surface area (Å²) in [5.41, 5.74) is 2.11. The van der Waals surface area contributed by atoms with Crippen molar-refractivity contribution >= 4 is 11.8 Å². The molecular weight excluding hydrogens is 338 g/mol. The molecule has 1 saturated heterocycles. The van der Waals surface area contributed by atoms with Gasteiger partial charge < -0.3 is 14.4 Å². The highest BCUT2D eigenvalue weighted by molar-refractivity contribution is 5.81. The van der Waals surface area contributed by atoms with Gasteiger partial charge in [-0.1, -0.05) is 12.1 Å². The number of amides is 2. The maximum absolute atomic E-state index is 12.6. The van der Waals surface area contributed by atoms with Gasteiger partial charge >= 0.3 is 0 Å². The lowest BCUT2D eigenvalue weighted by Gasteiger charge is -2.33. The summed E-state index contributed by atoms with van der Waals surface area (Å²) in [6.07, 6.45) is 5.97. The molecule has 5 nitrogen and oxygen atoms in total. The Balaban J connectivity index is 1.52. The largest absolute Gasteiger partial charge is 0.343 e. The van der Waals surface area contributed by atoms with Gasteiger partial charge in [0.15, 0.2) is 0 Å². The molecule has 0 unspecified atom stereocenters. The highest BCUT2D eigenvalue weighted by Gasteiger charge is 2.29. The molecule has 0 spiro atoms. The van der Waals surface area contributed by atoms with Crippen LogP contribution in [0.2, 0.25) is 0 Å². The Morgan fingerprint density at radius 2 is 1.59 bits per heavy atom. The Hall–Kier alpha value is -2.56. The van der Waals surface area contributed by atoms with E-state index in [1.165, 1.54) is 0 Å². The standard InChI is InChI=1S/C22H29N3O2/c1-3-23(4-2)22(27)19-11-15-25(16-12-19)21(26)17-18-7-9-20(10-8-18)24-13-5-6-14-24/h5-10,13-14,19H,3-4,11-12,15-17H2,1-2H3. The van der Waals surface area contributed by atoms with E-state index in [-0.39, 0.29) is 17.7 Å². The van der Waals surface area contributed by atoms with Crippen LogP contribution in [0.4, 0.5) is 0 Å². The zero-order valence-corrected chi connectivity index (χ0v) is 16.3. The number of hydrogen-bond acceptors (Lipinski definition) is 2. The monoisotopic (exact) mass is 367 g/mol. The van der Waals surface area contributed by atoms with Crippen LogP contribution < -0.4 is 0 Å². The van der Waals surface area contributed by atoms with Crippen molar-refractivity contribution in [3.05, 3.63) is 54.4 Å². The van der Waals surface area contributed by atoms with E-state index < -0.39 is 0 Å². The fourth-order valence-corrected chi connectivity index (χ4v) is 3.75. The van der Waals surface area contributed by atoms with Crippen molar-refractivity contribution < 1.29 is 9.59 Å². The molecule has 2 aromatic rings. The number of hydrogen-bond donors (Lipinski definition) is 0. The van der Waals surface area contributed by atoms with Crippen molar-refractivity contribution in [2.75, 3.05) is 26.2 Å². The zero-order chi connectivity index (χ0) is 19.2. The van der Waals surface area contributed by atoms with Crippen LogP contribution in [0.5, 0.6) is 0 Å². The molecule has 27 heavy (non-hydrogen) atoms. The van der Waals surface area contributed by atoms with Crippen LogP contribution in [-0.2, 0) is 16.0 Å². The molecule has 1 aliphatic heterocycles. The molecule has 1 aliphatic rings. The zero-order valence-electron chi connectivity index (χ0n) is 16.3. The number of piperidine rings is 1. The summed E-state index contributed by atoms with van der Waals surface area (Å²) in [6.45, 7) is 6.90. The van der Waals surface area contributed by atoms with Gasteiger partial charge in [-0.2, -0.15) is 0 Å². The molecule has 0 radical (unpaired) electrons. The number of likely N-dealkylation sites (tertiary alicyclic amines) is 1. The van der Waals surface area contributed by atoms with Crippen molar-refractivity contribution in [1.29, 1.82) is 0 Å². The fraction of sp³-hybridized carbons (Fsp3) is 0.455. The van der Waals surface area contributed by atoms with Crippen LogP contribution in [-0.4, -0.2) is 52.4 Å². The summed E-state index contributed by atoms with van der Waals surface area (Å²) in [5.74, 6) is 0.458. The molecule has 1 fully saturated rings. The minimum absolute atomic E-state index is 0.0646. The van der Waals surface area contributed by atoms with Gasteiger partial charge in [-0.25, -0.2) is 0 Å². The molecule has 144 valence electrons. The average molecular weight is 367 g/mol. The Morgan fingerprint density at radius 3 is 2.15 bits per heavy atom. The molecule has 2 amide bonds. The summed E-state index contributed by atoms with van der Waals surface area (Å²) < 4.78 is 2.04. The van der Waals surface area contributed by atoms with E-state index in [4.69, 9.17) is 0 Å². The molecule has 0 bridgehead atoms. The molecule has 2 heterocycles. The first-order valence-corrected chi connectivity index (χ1v) is 9.91. The predicted molar refractivity (Wildman–Crippen MR) is 107 cm³/mol. The maximum atomic E-state index is 12.6. The fourth-order valence-electron chi connectivity index (χ4n) is 3.75. The van der Waals surface area contributed by atoms with E-state index in [1.807, 2.05) is 77.0 Å². The van der Waals surface area contributed by atoms with Gasteiger partial charge in [0, 0.05) is 50.2 Å². The van der Waals surface area contributed by atoms with Crippen molar-refractivity contribution in [3.63, 3.8) is 0 Å². The summed E-state index contributed by atoms with van der Waals surface area (Å²) in [6, 6.07) is 12.1. The first-order valence-electron chi connectivity index (χ1n) is 9.91. The summed E-state index contributed by atoms with van der Waals surface area (Å²) in [5, 5.41) is 0. The third-order valence-electron chi connectivity index (χ3n) is 5.47. The number of carbonyl (C=O) groups excluding carboxylic acids is 2. The molecule has 1 aromatic carbocycles. The van der Waals surface area contributed by atoms with E-state index in [1.54, 1.807) is 0 Å². The third kappa shape index (κ3) is 4.59. The van der Waals surface area contributed by atoms with Crippen molar-refractivity contribution in [2.24, 2.45) is 5.92 Å². The molecule has 0 atom stereocenters. The second-order valence-electron chi connectivity index (χ2n) is 7.10. The van der Waals surface area contributed by atoms with Crippen LogP contribution >= 0.6 is 0 Å². The molecular formula is C22H29N3O2. The third-order valence-corrected chi connectivity index (χ3v) is 5.47.